The van der Waals surface area contributed by atoms with E-state index in [4.69, 9.17) is 0 Å². The van der Waals surface area contributed by atoms with Gasteiger partial charge < -0.3 is 4.98 Å². The molecule has 1 aromatic carbocycles. The van der Waals surface area contributed by atoms with Gasteiger partial charge in [0.2, 0.25) is 5.43 Å². The number of hydrogen-bond acceptors (Lipinski definition) is 4. The first-order chi connectivity index (χ1) is 11.1. The summed E-state index contributed by atoms with van der Waals surface area (Å²) in [5.41, 5.74) is 5.26. The molecule has 0 aliphatic heterocycles. The maximum atomic E-state index is 11.9. The van der Waals surface area contributed by atoms with Crippen molar-refractivity contribution in [3.8, 4) is 0 Å². The summed E-state index contributed by atoms with van der Waals surface area (Å²) >= 11 is 0. The number of amides is 2. The molecule has 0 spiro atoms. The number of hydrazine groups is 1. The molecular weight excluding hydrogens is 298 g/mol. The summed E-state index contributed by atoms with van der Waals surface area (Å²) < 4.78 is 1.40. The first kappa shape index (κ1) is 14.5. The monoisotopic (exact) mass is 311 g/mol. The van der Waals surface area contributed by atoms with Crippen molar-refractivity contribution >= 4 is 22.7 Å². The molecule has 0 saturated carbocycles. The minimum absolute atomic E-state index is 0.133. The largest absolute Gasteiger partial charge is 0.357 e. The number of benzene rings is 1. The predicted octanol–water partition coefficient (Wildman–Crippen LogP) is 0.186. The predicted molar refractivity (Wildman–Crippen MR) is 82.4 cm³/mol. The van der Waals surface area contributed by atoms with Crippen molar-refractivity contribution in [2.24, 2.45) is 0 Å². The molecule has 3 N–H and O–H groups in total. The lowest BCUT2D eigenvalue weighted by atomic mass is 10.2. The molecule has 8 nitrogen and oxygen atoms in total. The highest BCUT2D eigenvalue weighted by Crippen LogP contribution is 2.07. The van der Waals surface area contributed by atoms with Crippen LogP contribution < -0.4 is 16.3 Å². The Labute approximate surface area is 130 Å². The van der Waals surface area contributed by atoms with Crippen molar-refractivity contribution in [3.63, 3.8) is 0 Å². The molecular formula is C15H13N5O3. The van der Waals surface area contributed by atoms with Gasteiger partial charge in [-0.05, 0) is 24.3 Å². The van der Waals surface area contributed by atoms with Crippen LogP contribution in [0, 0.1) is 0 Å². The smallest absolute Gasteiger partial charge is 0.286 e. The number of rotatable bonds is 3. The summed E-state index contributed by atoms with van der Waals surface area (Å²) in [5, 5.41) is 4.43. The van der Waals surface area contributed by atoms with Crippen molar-refractivity contribution in [2.75, 3.05) is 0 Å². The summed E-state index contributed by atoms with van der Waals surface area (Å²) in [5.74, 6) is -0.924. The van der Waals surface area contributed by atoms with Crippen molar-refractivity contribution in [3.05, 3.63) is 64.7 Å². The number of hydrogen-bond donors (Lipinski definition) is 3. The topological polar surface area (TPSA) is 109 Å². The van der Waals surface area contributed by atoms with Crippen molar-refractivity contribution in [1.29, 1.82) is 0 Å². The number of nitrogens with zero attached hydrogens (tertiary/aromatic N) is 2. The fraction of sp³-hybridized carbons (Fsp3) is 0.0667. The van der Waals surface area contributed by atoms with E-state index in [1.165, 1.54) is 4.68 Å². The van der Waals surface area contributed by atoms with E-state index in [0.717, 1.165) is 6.20 Å². The standard InChI is InChI=1S/C15H13N5O3/c21-13-8-17-20(12-6-2-1-4-10(12)13)9-14(22)18-19-15(23)11-5-3-7-16-11/h1-8,16H,9H2,(H,18,22)(H,19,23). The fourth-order valence-electron chi connectivity index (χ4n) is 2.13. The van der Waals surface area contributed by atoms with E-state index < -0.39 is 11.8 Å². The summed E-state index contributed by atoms with van der Waals surface area (Å²) in [6.45, 7) is -0.133. The van der Waals surface area contributed by atoms with Crippen molar-refractivity contribution in [2.45, 2.75) is 6.54 Å². The molecule has 0 fully saturated rings. The highest BCUT2D eigenvalue weighted by molar-refractivity contribution is 5.93. The molecule has 0 bridgehead atoms. The van der Waals surface area contributed by atoms with E-state index in [1.54, 1.807) is 42.6 Å². The summed E-state index contributed by atoms with van der Waals surface area (Å²) in [4.78, 5) is 38.1. The van der Waals surface area contributed by atoms with Gasteiger partial charge in [-0.3, -0.25) is 29.9 Å². The van der Waals surface area contributed by atoms with Gasteiger partial charge in [0.15, 0.2) is 0 Å². The van der Waals surface area contributed by atoms with E-state index in [0.29, 0.717) is 16.6 Å². The maximum absolute atomic E-state index is 11.9. The Kier molecular flexibility index (Phi) is 3.88. The normalized spacial score (nSPS) is 10.4. The van der Waals surface area contributed by atoms with Crippen LogP contribution >= 0.6 is 0 Å². The summed E-state index contributed by atoms with van der Waals surface area (Å²) in [7, 11) is 0. The number of carbonyl (C=O) groups excluding carboxylic acids is 2. The van der Waals surface area contributed by atoms with Crippen LogP contribution in [0.5, 0.6) is 0 Å². The lowest BCUT2D eigenvalue weighted by molar-refractivity contribution is -0.122. The minimum atomic E-state index is -0.466. The molecule has 0 aliphatic rings. The van der Waals surface area contributed by atoms with Gasteiger partial charge in [-0.2, -0.15) is 5.10 Å². The number of para-hydroxylation sites is 1. The third kappa shape index (κ3) is 3.10. The molecule has 0 radical (unpaired) electrons. The van der Waals surface area contributed by atoms with E-state index in [-0.39, 0.29) is 12.0 Å². The molecule has 8 heteroatoms. The van der Waals surface area contributed by atoms with Gasteiger partial charge in [-0.15, -0.1) is 0 Å². The van der Waals surface area contributed by atoms with Crippen LogP contribution in [0.4, 0.5) is 0 Å². The van der Waals surface area contributed by atoms with Gasteiger partial charge in [0.05, 0.1) is 11.7 Å². The molecule has 0 unspecified atom stereocenters. The summed E-state index contributed by atoms with van der Waals surface area (Å²) in [6.07, 6.45) is 2.76. The number of nitrogens with one attached hydrogen (secondary N) is 3. The minimum Gasteiger partial charge on any atom is -0.357 e. The lowest BCUT2D eigenvalue weighted by Crippen LogP contribution is -2.43. The zero-order chi connectivity index (χ0) is 16.2. The van der Waals surface area contributed by atoms with Gasteiger partial charge in [-0.1, -0.05) is 12.1 Å². The van der Waals surface area contributed by atoms with E-state index in [1.807, 2.05) is 0 Å². The number of aromatic nitrogens is 3. The van der Waals surface area contributed by atoms with Crippen LogP contribution in [0.3, 0.4) is 0 Å². The molecule has 0 aliphatic carbocycles. The molecule has 116 valence electrons. The molecule has 0 saturated heterocycles. The van der Waals surface area contributed by atoms with Gasteiger partial charge in [-0.25, -0.2) is 0 Å². The van der Waals surface area contributed by atoms with E-state index >= 15 is 0 Å². The Morgan fingerprint density at radius 3 is 2.74 bits per heavy atom. The number of H-pyrrole nitrogens is 1. The Hall–Kier alpha value is -3.42. The number of aromatic amines is 1. The maximum Gasteiger partial charge on any atom is 0.286 e. The number of fused-ring (bicyclic) bond motifs is 1. The van der Waals surface area contributed by atoms with Crippen molar-refractivity contribution in [1.82, 2.24) is 25.6 Å². The first-order valence-corrected chi connectivity index (χ1v) is 6.82. The van der Waals surface area contributed by atoms with Gasteiger partial charge >= 0.3 is 0 Å². The van der Waals surface area contributed by atoms with E-state index in [2.05, 4.69) is 20.9 Å². The average Bonchev–Trinajstić information content (AvgIpc) is 3.10. The number of carbonyl (C=O) groups is 2. The molecule has 2 aromatic heterocycles. The third-order valence-corrected chi connectivity index (χ3v) is 3.21. The second-order valence-corrected chi connectivity index (χ2v) is 4.77. The molecule has 0 atom stereocenters. The second kappa shape index (κ2) is 6.14. The van der Waals surface area contributed by atoms with Crippen LogP contribution in [0.25, 0.3) is 10.9 Å². The zero-order valence-electron chi connectivity index (χ0n) is 11.9. The third-order valence-electron chi connectivity index (χ3n) is 3.21. The van der Waals surface area contributed by atoms with Crippen LogP contribution in [-0.4, -0.2) is 26.6 Å². The lowest BCUT2D eigenvalue weighted by Gasteiger charge is -2.10. The van der Waals surface area contributed by atoms with Crippen LogP contribution in [0.15, 0.2) is 53.6 Å². The molecule has 3 rings (SSSR count). The summed E-state index contributed by atoms with van der Waals surface area (Å²) in [6, 6.07) is 10.1. The van der Waals surface area contributed by atoms with Gasteiger partial charge in [0, 0.05) is 11.6 Å². The van der Waals surface area contributed by atoms with Crippen molar-refractivity contribution < 1.29 is 9.59 Å². The Morgan fingerprint density at radius 1 is 1.13 bits per heavy atom. The highest BCUT2D eigenvalue weighted by atomic mass is 16.2. The molecule has 3 aromatic rings. The Morgan fingerprint density at radius 2 is 1.96 bits per heavy atom. The second-order valence-electron chi connectivity index (χ2n) is 4.77. The SMILES string of the molecule is O=C(Cn1ncc(=O)c2ccccc21)NNC(=O)c1ccc[nH]1. The highest BCUT2D eigenvalue weighted by Gasteiger charge is 2.10. The van der Waals surface area contributed by atoms with Crippen LogP contribution in [0.1, 0.15) is 10.5 Å². The molecule has 23 heavy (non-hydrogen) atoms. The first-order valence-electron chi connectivity index (χ1n) is 6.82. The van der Waals surface area contributed by atoms with Gasteiger partial charge in [0.25, 0.3) is 11.8 Å². The Balaban J connectivity index is 1.70. The van der Waals surface area contributed by atoms with Crippen LogP contribution in [-0.2, 0) is 11.3 Å². The van der Waals surface area contributed by atoms with Crippen LogP contribution in [0.2, 0.25) is 0 Å². The van der Waals surface area contributed by atoms with E-state index in [9.17, 15) is 14.4 Å². The Bertz CT molecular complexity index is 914. The van der Waals surface area contributed by atoms with Gasteiger partial charge in [0.1, 0.15) is 12.2 Å². The molecule has 2 heterocycles. The quantitative estimate of drug-likeness (QED) is 0.600. The molecule has 2 amide bonds. The average molecular weight is 311 g/mol. The zero-order valence-corrected chi connectivity index (χ0v) is 11.9. The fourth-order valence-corrected chi connectivity index (χ4v) is 2.13.